The van der Waals surface area contributed by atoms with Crippen molar-refractivity contribution < 1.29 is 9.84 Å². The van der Waals surface area contributed by atoms with Crippen LogP contribution in [0.4, 0.5) is 0 Å². The summed E-state index contributed by atoms with van der Waals surface area (Å²) in [6.07, 6.45) is 0. The third-order valence-corrected chi connectivity index (χ3v) is 3.07. The molecule has 96 valence electrons. The molecule has 1 atom stereocenters. The van der Waals surface area contributed by atoms with Gasteiger partial charge in [-0.1, -0.05) is 42.2 Å². The fraction of sp³-hybridized carbons (Fsp3) is 0.467. The molecule has 1 aliphatic heterocycles. The Morgan fingerprint density at radius 3 is 2.61 bits per heavy atom. The average Bonchev–Trinajstić information content (AvgIpc) is 2.41. The van der Waals surface area contributed by atoms with E-state index in [0.717, 1.165) is 31.9 Å². The number of morpholine rings is 1. The Hall–Kier alpha value is -1.34. The number of aliphatic hydroxyl groups is 1. The Morgan fingerprint density at radius 2 is 1.94 bits per heavy atom. The average molecular weight is 245 g/mol. The van der Waals surface area contributed by atoms with Crippen molar-refractivity contribution >= 4 is 0 Å². The number of nitrogens with zero attached hydrogens (tertiary/aromatic N) is 1. The molecule has 2 rings (SSSR count). The molecule has 1 aromatic rings. The molecule has 3 heteroatoms. The van der Waals surface area contributed by atoms with Crippen molar-refractivity contribution in [3.05, 3.63) is 35.9 Å². The summed E-state index contributed by atoms with van der Waals surface area (Å²) in [7, 11) is 0. The van der Waals surface area contributed by atoms with Crippen LogP contribution >= 0.6 is 0 Å². The van der Waals surface area contributed by atoms with Crippen molar-refractivity contribution in [3.63, 3.8) is 0 Å². The van der Waals surface area contributed by atoms with E-state index in [9.17, 15) is 5.11 Å². The molecule has 1 fully saturated rings. The second-order valence-electron chi connectivity index (χ2n) is 4.63. The van der Waals surface area contributed by atoms with Gasteiger partial charge in [-0.05, 0) is 12.5 Å². The van der Waals surface area contributed by atoms with Crippen molar-refractivity contribution in [1.29, 1.82) is 0 Å². The first-order valence-corrected chi connectivity index (χ1v) is 6.26. The van der Waals surface area contributed by atoms with Crippen molar-refractivity contribution in [2.75, 3.05) is 32.8 Å². The predicted octanol–water partition coefficient (Wildman–Crippen LogP) is 1.23. The van der Waals surface area contributed by atoms with Crippen LogP contribution in [0.2, 0.25) is 0 Å². The van der Waals surface area contributed by atoms with Gasteiger partial charge in [0.2, 0.25) is 0 Å². The maximum absolute atomic E-state index is 10.3. The lowest BCUT2D eigenvalue weighted by atomic mass is 9.97. The summed E-state index contributed by atoms with van der Waals surface area (Å²) >= 11 is 0. The summed E-state index contributed by atoms with van der Waals surface area (Å²) in [4.78, 5) is 2.23. The minimum atomic E-state index is -1.08. The smallest absolute Gasteiger partial charge is 0.148 e. The van der Waals surface area contributed by atoms with Gasteiger partial charge in [-0.15, -0.1) is 0 Å². The highest BCUT2D eigenvalue weighted by molar-refractivity contribution is 5.30. The fourth-order valence-corrected chi connectivity index (χ4v) is 1.92. The molecule has 0 aliphatic carbocycles. The molecular formula is C15H19NO2. The zero-order valence-electron chi connectivity index (χ0n) is 10.7. The van der Waals surface area contributed by atoms with Crippen LogP contribution in [0.15, 0.2) is 30.3 Å². The zero-order valence-corrected chi connectivity index (χ0v) is 10.7. The molecule has 0 saturated carbocycles. The van der Waals surface area contributed by atoms with E-state index in [4.69, 9.17) is 4.74 Å². The van der Waals surface area contributed by atoms with Gasteiger partial charge in [-0.2, -0.15) is 0 Å². The van der Waals surface area contributed by atoms with Crippen LogP contribution in [0.1, 0.15) is 12.5 Å². The van der Waals surface area contributed by atoms with Crippen LogP contribution in [-0.2, 0) is 10.3 Å². The topological polar surface area (TPSA) is 32.7 Å². The van der Waals surface area contributed by atoms with E-state index in [-0.39, 0.29) is 0 Å². The first-order chi connectivity index (χ1) is 8.68. The molecule has 0 aromatic heterocycles. The molecule has 1 saturated heterocycles. The first-order valence-electron chi connectivity index (χ1n) is 6.26. The van der Waals surface area contributed by atoms with Crippen molar-refractivity contribution in [1.82, 2.24) is 4.90 Å². The number of ether oxygens (including phenoxy) is 1. The molecule has 1 aromatic carbocycles. The Labute approximate surface area is 108 Å². The maximum atomic E-state index is 10.3. The fourth-order valence-electron chi connectivity index (χ4n) is 1.92. The van der Waals surface area contributed by atoms with Gasteiger partial charge in [-0.3, -0.25) is 4.90 Å². The Kier molecular flexibility index (Phi) is 4.38. The van der Waals surface area contributed by atoms with Crippen LogP contribution in [-0.4, -0.2) is 42.9 Å². The standard InChI is InChI=1S/C15H19NO2/c1-15(17,14-6-3-2-4-7-14)8-5-9-16-10-12-18-13-11-16/h2-4,6-7,17H,9-13H2,1H3. The Morgan fingerprint density at radius 1 is 1.28 bits per heavy atom. The lowest BCUT2D eigenvalue weighted by Gasteiger charge is -2.24. The Bertz CT molecular complexity index is 425. The van der Waals surface area contributed by atoms with Crippen LogP contribution < -0.4 is 0 Å². The predicted molar refractivity (Wildman–Crippen MR) is 71.0 cm³/mol. The number of hydrogen-bond acceptors (Lipinski definition) is 3. The molecular weight excluding hydrogens is 226 g/mol. The monoisotopic (exact) mass is 245 g/mol. The van der Waals surface area contributed by atoms with E-state index in [2.05, 4.69) is 16.7 Å². The molecule has 1 heterocycles. The van der Waals surface area contributed by atoms with Crippen molar-refractivity contribution in [2.24, 2.45) is 0 Å². The van der Waals surface area contributed by atoms with Crippen LogP contribution in [0.5, 0.6) is 0 Å². The Balaban J connectivity index is 1.95. The first kappa shape index (κ1) is 13.1. The molecule has 3 nitrogen and oxygen atoms in total. The van der Waals surface area contributed by atoms with Gasteiger partial charge in [0.25, 0.3) is 0 Å². The van der Waals surface area contributed by atoms with Gasteiger partial charge >= 0.3 is 0 Å². The summed E-state index contributed by atoms with van der Waals surface area (Å²) in [5, 5.41) is 10.3. The minimum Gasteiger partial charge on any atom is -0.379 e. The molecule has 1 aliphatic rings. The summed E-state index contributed by atoms with van der Waals surface area (Å²) < 4.78 is 5.28. The van der Waals surface area contributed by atoms with E-state index < -0.39 is 5.60 Å². The van der Waals surface area contributed by atoms with Crippen molar-refractivity contribution in [2.45, 2.75) is 12.5 Å². The lowest BCUT2D eigenvalue weighted by molar-refractivity contribution is 0.0442. The van der Waals surface area contributed by atoms with E-state index in [1.54, 1.807) is 6.92 Å². The van der Waals surface area contributed by atoms with Crippen LogP contribution in [0.3, 0.4) is 0 Å². The summed E-state index contributed by atoms with van der Waals surface area (Å²) in [5.41, 5.74) is -0.243. The van der Waals surface area contributed by atoms with E-state index in [0.29, 0.717) is 6.54 Å². The normalized spacial score (nSPS) is 19.7. The summed E-state index contributed by atoms with van der Waals surface area (Å²) in [6.45, 7) is 5.80. The lowest BCUT2D eigenvalue weighted by Crippen LogP contribution is -2.36. The quantitative estimate of drug-likeness (QED) is 0.796. The van der Waals surface area contributed by atoms with Gasteiger partial charge in [-0.25, -0.2) is 0 Å². The number of rotatable bonds is 2. The molecule has 1 unspecified atom stereocenters. The molecule has 0 spiro atoms. The molecule has 0 amide bonds. The van der Waals surface area contributed by atoms with Gasteiger partial charge in [0, 0.05) is 13.1 Å². The molecule has 0 bridgehead atoms. The van der Waals surface area contributed by atoms with Crippen molar-refractivity contribution in [3.8, 4) is 11.8 Å². The zero-order chi connectivity index (χ0) is 12.8. The maximum Gasteiger partial charge on any atom is 0.148 e. The van der Waals surface area contributed by atoms with Crippen LogP contribution in [0, 0.1) is 11.8 Å². The largest absolute Gasteiger partial charge is 0.379 e. The second-order valence-corrected chi connectivity index (χ2v) is 4.63. The second kappa shape index (κ2) is 6.01. The molecule has 18 heavy (non-hydrogen) atoms. The number of benzene rings is 1. The number of hydrogen-bond donors (Lipinski definition) is 1. The summed E-state index contributed by atoms with van der Waals surface area (Å²) in [6, 6.07) is 9.54. The molecule has 1 N–H and O–H groups in total. The van der Waals surface area contributed by atoms with E-state index in [1.165, 1.54) is 0 Å². The third kappa shape index (κ3) is 3.58. The van der Waals surface area contributed by atoms with Gasteiger partial charge in [0.05, 0.1) is 19.8 Å². The van der Waals surface area contributed by atoms with Crippen LogP contribution in [0.25, 0.3) is 0 Å². The van der Waals surface area contributed by atoms with Gasteiger partial charge in [0.15, 0.2) is 0 Å². The highest BCUT2D eigenvalue weighted by Crippen LogP contribution is 2.18. The molecule has 0 radical (unpaired) electrons. The highest BCUT2D eigenvalue weighted by Gasteiger charge is 2.19. The minimum absolute atomic E-state index is 0.687. The third-order valence-electron chi connectivity index (χ3n) is 3.07. The van der Waals surface area contributed by atoms with E-state index in [1.807, 2.05) is 30.3 Å². The van der Waals surface area contributed by atoms with Gasteiger partial charge in [0.1, 0.15) is 5.60 Å². The van der Waals surface area contributed by atoms with E-state index >= 15 is 0 Å². The SMILES string of the molecule is CC(O)(C#CCN1CCOCC1)c1ccccc1. The summed E-state index contributed by atoms with van der Waals surface area (Å²) in [5.74, 6) is 6.01. The van der Waals surface area contributed by atoms with Gasteiger partial charge < -0.3 is 9.84 Å². The highest BCUT2D eigenvalue weighted by atomic mass is 16.5.